The zero-order valence-electron chi connectivity index (χ0n) is 11.8. The molecule has 1 heterocycles. The highest BCUT2D eigenvalue weighted by Crippen LogP contribution is 2.09. The van der Waals surface area contributed by atoms with E-state index in [2.05, 4.69) is 27.9 Å². The number of amides is 1. The molecular formula is C14H18FN5O. The molecule has 1 aromatic carbocycles. The number of carbonyl (C=O) groups excluding carboxylic acids is 1. The van der Waals surface area contributed by atoms with Gasteiger partial charge in [-0.15, -0.1) is 5.10 Å². The summed E-state index contributed by atoms with van der Waals surface area (Å²) in [6.45, 7) is 3.66. The first-order chi connectivity index (χ1) is 10.2. The van der Waals surface area contributed by atoms with Crippen molar-refractivity contribution >= 4 is 11.6 Å². The minimum absolute atomic E-state index is 0.0390. The minimum Gasteiger partial charge on any atom is -0.324 e. The first kappa shape index (κ1) is 15.1. The van der Waals surface area contributed by atoms with Crippen molar-refractivity contribution in [2.24, 2.45) is 0 Å². The van der Waals surface area contributed by atoms with E-state index in [4.69, 9.17) is 0 Å². The Morgan fingerprint density at radius 2 is 2.29 bits per heavy atom. The van der Waals surface area contributed by atoms with Gasteiger partial charge in [0.1, 0.15) is 12.4 Å². The van der Waals surface area contributed by atoms with Crippen LogP contribution in [0.2, 0.25) is 0 Å². The highest BCUT2D eigenvalue weighted by molar-refractivity contribution is 5.90. The fraction of sp³-hybridized carbons (Fsp3) is 0.357. The van der Waals surface area contributed by atoms with E-state index in [9.17, 15) is 9.18 Å². The molecule has 2 aromatic rings. The Balaban J connectivity index is 1.85. The van der Waals surface area contributed by atoms with Gasteiger partial charge >= 0.3 is 0 Å². The van der Waals surface area contributed by atoms with Gasteiger partial charge in [-0.3, -0.25) is 4.79 Å². The molecule has 0 saturated heterocycles. The standard InChI is InChI=1S/C14H18FN5O/c1-2-6-16-8-13-9-20(19-18-13)10-14(21)17-12-5-3-4-11(15)7-12/h3-5,7,9,16H,2,6,8,10H2,1H3,(H,17,21). The van der Waals surface area contributed by atoms with Gasteiger partial charge in [-0.25, -0.2) is 9.07 Å². The van der Waals surface area contributed by atoms with Crippen LogP contribution in [-0.4, -0.2) is 27.4 Å². The third-order valence-corrected chi connectivity index (χ3v) is 2.73. The topological polar surface area (TPSA) is 71.8 Å². The second-order valence-corrected chi connectivity index (χ2v) is 4.64. The Labute approximate surface area is 122 Å². The molecule has 0 aliphatic carbocycles. The number of nitrogens with one attached hydrogen (secondary N) is 2. The molecule has 2 rings (SSSR count). The van der Waals surface area contributed by atoms with E-state index < -0.39 is 5.82 Å². The molecule has 0 aliphatic heterocycles. The Morgan fingerprint density at radius 3 is 3.05 bits per heavy atom. The van der Waals surface area contributed by atoms with Gasteiger partial charge in [-0.05, 0) is 31.2 Å². The molecule has 2 N–H and O–H groups in total. The number of hydrogen-bond donors (Lipinski definition) is 2. The van der Waals surface area contributed by atoms with Crippen LogP contribution in [0.3, 0.4) is 0 Å². The largest absolute Gasteiger partial charge is 0.324 e. The lowest BCUT2D eigenvalue weighted by molar-refractivity contribution is -0.116. The zero-order valence-corrected chi connectivity index (χ0v) is 11.8. The number of anilines is 1. The molecule has 112 valence electrons. The van der Waals surface area contributed by atoms with Gasteiger partial charge in [0, 0.05) is 12.2 Å². The average molecular weight is 291 g/mol. The lowest BCUT2D eigenvalue weighted by Gasteiger charge is -2.04. The SMILES string of the molecule is CCCNCc1cn(CC(=O)Nc2cccc(F)c2)nn1. The van der Waals surface area contributed by atoms with Crippen molar-refractivity contribution in [3.63, 3.8) is 0 Å². The molecular weight excluding hydrogens is 273 g/mol. The van der Waals surface area contributed by atoms with Crippen LogP contribution >= 0.6 is 0 Å². The zero-order chi connectivity index (χ0) is 15.1. The Hall–Kier alpha value is -2.28. The van der Waals surface area contributed by atoms with E-state index in [0.29, 0.717) is 12.2 Å². The summed E-state index contributed by atoms with van der Waals surface area (Å²) in [6, 6.07) is 5.75. The van der Waals surface area contributed by atoms with E-state index in [1.807, 2.05) is 0 Å². The number of hydrogen-bond acceptors (Lipinski definition) is 4. The molecule has 0 spiro atoms. The predicted molar refractivity (Wildman–Crippen MR) is 77.0 cm³/mol. The Morgan fingerprint density at radius 1 is 1.43 bits per heavy atom. The third-order valence-electron chi connectivity index (χ3n) is 2.73. The number of carbonyl (C=O) groups is 1. The number of halogens is 1. The summed E-state index contributed by atoms with van der Waals surface area (Å²) in [6.07, 6.45) is 2.76. The van der Waals surface area contributed by atoms with Crippen LogP contribution in [0.5, 0.6) is 0 Å². The predicted octanol–water partition coefficient (Wildman–Crippen LogP) is 1.56. The van der Waals surface area contributed by atoms with Gasteiger partial charge < -0.3 is 10.6 Å². The van der Waals surface area contributed by atoms with Crippen molar-refractivity contribution in [1.82, 2.24) is 20.3 Å². The lowest BCUT2D eigenvalue weighted by Crippen LogP contribution is -2.19. The van der Waals surface area contributed by atoms with Crippen LogP contribution in [0.4, 0.5) is 10.1 Å². The van der Waals surface area contributed by atoms with Crippen molar-refractivity contribution in [2.75, 3.05) is 11.9 Å². The molecule has 0 bridgehead atoms. The smallest absolute Gasteiger partial charge is 0.246 e. The summed E-state index contributed by atoms with van der Waals surface area (Å²) in [5.74, 6) is -0.670. The molecule has 1 amide bonds. The van der Waals surface area contributed by atoms with E-state index in [-0.39, 0.29) is 12.5 Å². The van der Waals surface area contributed by atoms with Gasteiger partial charge in [0.15, 0.2) is 0 Å². The quantitative estimate of drug-likeness (QED) is 0.759. The van der Waals surface area contributed by atoms with Crippen molar-refractivity contribution in [3.05, 3.63) is 42.0 Å². The highest BCUT2D eigenvalue weighted by atomic mass is 19.1. The summed E-state index contributed by atoms with van der Waals surface area (Å²) in [5, 5.41) is 13.7. The van der Waals surface area contributed by atoms with E-state index >= 15 is 0 Å². The number of nitrogens with zero attached hydrogens (tertiary/aromatic N) is 3. The van der Waals surface area contributed by atoms with Crippen LogP contribution in [-0.2, 0) is 17.9 Å². The molecule has 1 aromatic heterocycles. The van der Waals surface area contributed by atoms with Gasteiger partial charge in [-0.2, -0.15) is 0 Å². The minimum atomic E-state index is -0.391. The lowest BCUT2D eigenvalue weighted by atomic mass is 10.3. The first-order valence-corrected chi connectivity index (χ1v) is 6.82. The molecule has 0 aliphatic rings. The summed E-state index contributed by atoms with van der Waals surface area (Å²) in [7, 11) is 0. The maximum absolute atomic E-state index is 13.0. The van der Waals surface area contributed by atoms with Crippen molar-refractivity contribution < 1.29 is 9.18 Å². The molecule has 0 unspecified atom stereocenters. The monoisotopic (exact) mass is 291 g/mol. The van der Waals surface area contributed by atoms with E-state index in [1.165, 1.54) is 22.9 Å². The number of rotatable bonds is 7. The fourth-order valence-corrected chi connectivity index (χ4v) is 1.80. The van der Waals surface area contributed by atoms with Crippen LogP contribution in [0, 0.1) is 5.82 Å². The summed E-state index contributed by atoms with van der Waals surface area (Å²) >= 11 is 0. The second-order valence-electron chi connectivity index (χ2n) is 4.64. The van der Waals surface area contributed by atoms with E-state index in [1.54, 1.807) is 12.3 Å². The maximum atomic E-state index is 13.0. The molecule has 6 nitrogen and oxygen atoms in total. The molecule has 0 fully saturated rings. The van der Waals surface area contributed by atoms with Gasteiger partial charge in [0.25, 0.3) is 0 Å². The summed E-state index contributed by atoms with van der Waals surface area (Å²) in [4.78, 5) is 11.8. The van der Waals surface area contributed by atoms with Crippen molar-refractivity contribution in [2.45, 2.75) is 26.4 Å². The normalized spacial score (nSPS) is 10.6. The van der Waals surface area contributed by atoms with Crippen LogP contribution in [0.1, 0.15) is 19.0 Å². The number of aromatic nitrogens is 3. The van der Waals surface area contributed by atoms with Gasteiger partial charge in [0.05, 0.1) is 11.9 Å². The van der Waals surface area contributed by atoms with Crippen LogP contribution in [0.15, 0.2) is 30.5 Å². The molecule has 0 radical (unpaired) electrons. The Kier molecular flexibility index (Phi) is 5.39. The molecule has 21 heavy (non-hydrogen) atoms. The fourth-order valence-electron chi connectivity index (χ4n) is 1.80. The summed E-state index contributed by atoms with van der Waals surface area (Å²) < 4.78 is 14.5. The third kappa shape index (κ3) is 4.96. The van der Waals surface area contributed by atoms with Crippen molar-refractivity contribution in [3.8, 4) is 0 Å². The molecule has 0 atom stereocenters. The maximum Gasteiger partial charge on any atom is 0.246 e. The van der Waals surface area contributed by atoms with Gasteiger partial charge in [0.2, 0.25) is 5.91 Å². The van der Waals surface area contributed by atoms with Crippen LogP contribution in [0.25, 0.3) is 0 Å². The number of benzene rings is 1. The Bertz CT molecular complexity index is 599. The average Bonchev–Trinajstić information content (AvgIpc) is 2.86. The molecule has 0 saturated carbocycles. The highest BCUT2D eigenvalue weighted by Gasteiger charge is 2.07. The van der Waals surface area contributed by atoms with Crippen molar-refractivity contribution in [1.29, 1.82) is 0 Å². The van der Waals surface area contributed by atoms with E-state index in [0.717, 1.165) is 18.7 Å². The second kappa shape index (κ2) is 7.49. The van der Waals surface area contributed by atoms with Gasteiger partial charge in [-0.1, -0.05) is 18.2 Å². The molecule has 7 heteroatoms. The first-order valence-electron chi connectivity index (χ1n) is 6.82. The van der Waals surface area contributed by atoms with Crippen LogP contribution < -0.4 is 10.6 Å². The summed E-state index contributed by atoms with van der Waals surface area (Å²) in [5.41, 5.74) is 1.20.